The average molecular weight is 228 g/mol. The molecule has 3 nitrogen and oxygen atoms in total. The first-order valence-electron chi connectivity index (χ1n) is 4.77. The predicted molar refractivity (Wildman–Crippen MR) is 60.0 cm³/mol. The van der Waals surface area contributed by atoms with Gasteiger partial charge in [-0.1, -0.05) is 23.7 Å². The molecule has 0 aromatic heterocycles. The number of hydrogen-bond acceptors (Lipinski definition) is 2. The van der Waals surface area contributed by atoms with Crippen LogP contribution in [0.4, 0.5) is 0 Å². The molecule has 82 valence electrons. The Kier molecular flexibility index (Phi) is 4.59. The molecule has 0 heterocycles. The summed E-state index contributed by atoms with van der Waals surface area (Å²) in [5.74, 6) is -0.786. The zero-order valence-electron chi connectivity index (χ0n) is 8.53. The molecule has 0 bridgehead atoms. The highest BCUT2D eigenvalue weighted by Gasteiger charge is 2.06. The Bertz CT molecular complexity index is 324. The normalized spacial score (nSPS) is 12.4. The third kappa shape index (κ3) is 4.81. The van der Waals surface area contributed by atoms with Crippen molar-refractivity contribution in [2.45, 2.75) is 25.9 Å². The maximum atomic E-state index is 10.4. The van der Waals surface area contributed by atoms with Crippen molar-refractivity contribution < 1.29 is 9.90 Å². The van der Waals surface area contributed by atoms with E-state index >= 15 is 0 Å². The third-order valence-corrected chi connectivity index (χ3v) is 2.30. The zero-order chi connectivity index (χ0) is 11.3. The first-order valence-corrected chi connectivity index (χ1v) is 5.15. The summed E-state index contributed by atoms with van der Waals surface area (Å²) in [5, 5.41) is 12.4. The number of carbonyl (C=O) groups is 1. The average Bonchev–Trinajstić information content (AvgIpc) is 2.16. The minimum atomic E-state index is -0.786. The van der Waals surface area contributed by atoms with E-state index in [2.05, 4.69) is 5.32 Å². The van der Waals surface area contributed by atoms with Gasteiger partial charge in [0, 0.05) is 17.6 Å². The van der Waals surface area contributed by atoms with Crippen LogP contribution in [0.25, 0.3) is 0 Å². The van der Waals surface area contributed by atoms with Crippen molar-refractivity contribution in [3.05, 3.63) is 34.9 Å². The number of benzene rings is 1. The Hall–Kier alpha value is -1.06. The molecule has 1 atom stereocenters. The van der Waals surface area contributed by atoms with E-state index in [1.54, 1.807) is 0 Å². The van der Waals surface area contributed by atoms with Crippen LogP contribution >= 0.6 is 11.6 Å². The molecule has 0 fully saturated rings. The lowest BCUT2D eigenvalue weighted by atomic mass is 10.2. The van der Waals surface area contributed by atoms with E-state index in [4.69, 9.17) is 16.7 Å². The molecule has 0 aliphatic rings. The van der Waals surface area contributed by atoms with Crippen LogP contribution in [0.1, 0.15) is 18.9 Å². The number of carboxylic acid groups (broad SMARTS) is 1. The smallest absolute Gasteiger partial charge is 0.304 e. The van der Waals surface area contributed by atoms with Crippen molar-refractivity contribution >= 4 is 17.6 Å². The molecular weight excluding hydrogens is 214 g/mol. The second-order valence-electron chi connectivity index (χ2n) is 3.51. The summed E-state index contributed by atoms with van der Waals surface area (Å²) >= 11 is 5.75. The van der Waals surface area contributed by atoms with Crippen LogP contribution in [0.15, 0.2) is 24.3 Å². The van der Waals surface area contributed by atoms with Gasteiger partial charge in [-0.25, -0.2) is 0 Å². The lowest BCUT2D eigenvalue weighted by Gasteiger charge is -2.11. The van der Waals surface area contributed by atoms with Crippen LogP contribution in [0.3, 0.4) is 0 Å². The number of aliphatic carboxylic acids is 1. The number of carboxylic acids is 1. The zero-order valence-corrected chi connectivity index (χ0v) is 9.29. The maximum absolute atomic E-state index is 10.4. The summed E-state index contributed by atoms with van der Waals surface area (Å²) in [5.41, 5.74) is 1.09. The van der Waals surface area contributed by atoms with E-state index in [1.807, 2.05) is 31.2 Å². The Morgan fingerprint density at radius 1 is 1.47 bits per heavy atom. The molecule has 0 aliphatic heterocycles. The van der Waals surface area contributed by atoms with Crippen LogP contribution in [-0.4, -0.2) is 17.1 Å². The van der Waals surface area contributed by atoms with Crippen LogP contribution in [0.2, 0.25) is 5.02 Å². The van der Waals surface area contributed by atoms with Gasteiger partial charge in [0.2, 0.25) is 0 Å². The summed E-state index contributed by atoms with van der Waals surface area (Å²) in [6.07, 6.45) is 0.133. The largest absolute Gasteiger partial charge is 0.481 e. The molecule has 0 spiro atoms. The topological polar surface area (TPSA) is 49.3 Å². The first kappa shape index (κ1) is 12.0. The minimum absolute atomic E-state index is 0.0295. The van der Waals surface area contributed by atoms with Crippen molar-refractivity contribution in [1.29, 1.82) is 0 Å². The number of halogens is 1. The van der Waals surface area contributed by atoms with Crippen LogP contribution < -0.4 is 5.32 Å². The molecule has 15 heavy (non-hydrogen) atoms. The molecule has 1 aromatic carbocycles. The molecule has 2 N–H and O–H groups in total. The van der Waals surface area contributed by atoms with Gasteiger partial charge < -0.3 is 10.4 Å². The fraction of sp³-hybridized carbons (Fsp3) is 0.364. The van der Waals surface area contributed by atoms with Crippen molar-refractivity contribution in [2.24, 2.45) is 0 Å². The molecule has 0 aliphatic carbocycles. The van der Waals surface area contributed by atoms with Crippen molar-refractivity contribution in [3.8, 4) is 0 Å². The van der Waals surface area contributed by atoms with Crippen molar-refractivity contribution in [2.75, 3.05) is 0 Å². The fourth-order valence-electron chi connectivity index (χ4n) is 1.23. The van der Waals surface area contributed by atoms with E-state index in [-0.39, 0.29) is 12.5 Å². The minimum Gasteiger partial charge on any atom is -0.481 e. The van der Waals surface area contributed by atoms with Gasteiger partial charge in [-0.05, 0) is 24.6 Å². The molecule has 0 radical (unpaired) electrons. The number of rotatable bonds is 5. The molecule has 0 saturated heterocycles. The predicted octanol–water partition coefficient (Wildman–Crippen LogP) is 2.29. The molecule has 1 aromatic rings. The summed E-state index contributed by atoms with van der Waals surface area (Å²) in [6, 6.07) is 7.45. The molecule has 1 unspecified atom stereocenters. The maximum Gasteiger partial charge on any atom is 0.304 e. The quantitative estimate of drug-likeness (QED) is 0.812. The molecule has 4 heteroatoms. The van der Waals surface area contributed by atoms with Crippen LogP contribution in [0.5, 0.6) is 0 Å². The lowest BCUT2D eigenvalue weighted by molar-refractivity contribution is -0.137. The van der Waals surface area contributed by atoms with E-state index in [1.165, 1.54) is 0 Å². The van der Waals surface area contributed by atoms with Gasteiger partial charge in [-0.2, -0.15) is 0 Å². The van der Waals surface area contributed by atoms with Crippen molar-refractivity contribution in [1.82, 2.24) is 5.32 Å². The SMILES string of the molecule is CC(CC(=O)O)NCc1ccc(Cl)cc1. The van der Waals surface area contributed by atoms with E-state index < -0.39 is 5.97 Å². The Morgan fingerprint density at radius 2 is 2.07 bits per heavy atom. The first-order chi connectivity index (χ1) is 7.08. The van der Waals surface area contributed by atoms with E-state index in [0.717, 1.165) is 5.56 Å². The fourth-order valence-corrected chi connectivity index (χ4v) is 1.35. The summed E-state index contributed by atoms with van der Waals surface area (Å²) in [4.78, 5) is 10.4. The monoisotopic (exact) mass is 227 g/mol. The van der Waals surface area contributed by atoms with Crippen LogP contribution in [-0.2, 0) is 11.3 Å². The van der Waals surface area contributed by atoms with E-state index in [9.17, 15) is 4.79 Å². The Morgan fingerprint density at radius 3 is 2.60 bits per heavy atom. The summed E-state index contributed by atoms with van der Waals surface area (Å²) < 4.78 is 0. The van der Waals surface area contributed by atoms with Gasteiger partial charge in [0.15, 0.2) is 0 Å². The van der Waals surface area contributed by atoms with Gasteiger partial charge in [-0.3, -0.25) is 4.79 Å². The van der Waals surface area contributed by atoms with Gasteiger partial charge in [-0.15, -0.1) is 0 Å². The molecule has 0 saturated carbocycles. The third-order valence-electron chi connectivity index (χ3n) is 2.05. The molecular formula is C11H14ClNO2. The van der Waals surface area contributed by atoms with E-state index in [0.29, 0.717) is 11.6 Å². The highest BCUT2D eigenvalue weighted by atomic mass is 35.5. The highest BCUT2D eigenvalue weighted by molar-refractivity contribution is 6.30. The Balaban J connectivity index is 2.36. The van der Waals surface area contributed by atoms with Gasteiger partial charge >= 0.3 is 5.97 Å². The lowest BCUT2D eigenvalue weighted by Crippen LogP contribution is -2.27. The molecule has 1 rings (SSSR count). The standard InChI is InChI=1S/C11H14ClNO2/c1-8(6-11(14)15)13-7-9-2-4-10(12)5-3-9/h2-5,8,13H,6-7H2,1H3,(H,14,15). The van der Waals surface area contributed by atoms with Gasteiger partial charge in [0.1, 0.15) is 0 Å². The second-order valence-corrected chi connectivity index (χ2v) is 3.94. The summed E-state index contributed by atoms with van der Waals surface area (Å²) in [7, 11) is 0. The second kappa shape index (κ2) is 5.73. The summed E-state index contributed by atoms with van der Waals surface area (Å²) in [6.45, 7) is 2.51. The highest BCUT2D eigenvalue weighted by Crippen LogP contribution is 2.09. The van der Waals surface area contributed by atoms with Gasteiger partial charge in [0.05, 0.1) is 6.42 Å². The number of nitrogens with one attached hydrogen (secondary N) is 1. The number of hydrogen-bond donors (Lipinski definition) is 2. The molecule has 0 amide bonds. The van der Waals surface area contributed by atoms with Gasteiger partial charge in [0.25, 0.3) is 0 Å². The Labute approximate surface area is 94.1 Å². The van der Waals surface area contributed by atoms with Crippen LogP contribution in [0, 0.1) is 0 Å². The van der Waals surface area contributed by atoms with Crippen molar-refractivity contribution in [3.63, 3.8) is 0 Å².